The molecular weight excluding hydrogens is 342 g/mol. The Balaban J connectivity index is 2.33. The van der Waals surface area contributed by atoms with Crippen LogP contribution in [0.25, 0.3) is 0 Å². The van der Waals surface area contributed by atoms with Gasteiger partial charge in [0.15, 0.2) is 11.7 Å². The SMILES string of the molecule is CCCC([n+]1cn(C)cc1/N=N/c1ccc(N(C)C)cc1)S(=O)(=O)[O-]. The summed E-state index contributed by atoms with van der Waals surface area (Å²) < 4.78 is 37.8. The number of hydrogen-bond acceptors (Lipinski definition) is 6. The number of azo groups is 1. The Kier molecular flexibility index (Phi) is 5.91. The van der Waals surface area contributed by atoms with E-state index < -0.39 is 15.5 Å². The molecule has 1 unspecified atom stereocenters. The first-order chi connectivity index (χ1) is 11.7. The Morgan fingerprint density at radius 2 is 1.88 bits per heavy atom. The molecule has 0 N–H and O–H groups in total. The van der Waals surface area contributed by atoms with Gasteiger partial charge in [-0.25, -0.2) is 13.0 Å². The van der Waals surface area contributed by atoms with Gasteiger partial charge in [0.1, 0.15) is 22.0 Å². The lowest BCUT2D eigenvalue weighted by atomic mass is 10.3. The van der Waals surface area contributed by atoms with Crippen molar-refractivity contribution in [2.24, 2.45) is 17.3 Å². The van der Waals surface area contributed by atoms with Crippen molar-refractivity contribution in [3.8, 4) is 0 Å². The van der Waals surface area contributed by atoms with E-state index in [9.17, 15) is 13.0 Å². The van der Waals surface area contributed by atoms with Gasteiger partial charge in [-0.2, -0.15) is 0 Å². The van der Waals surface area contributed by atoms with E-state index in [1.807, 2.05) is 50.2 Å². The van der Waals surface area contributed by atoms with Crippen LogP contribution < -0.4 is 9.47 Å². The van der Waals surface area contributed by atoms with Crippen LogP contribution in [0.1, 0.15) is 25.1 Å². The van der Waals surface area contributed by atoms with Crippen molar-refractivity contribution in [2.75, 3.05) is 19.0 Å². The summed E-state index contributed by atoms with van der Waals surface area (Å²) in [6.45, 7) is 1.83. The fourth-order valence-corrected chi connectivity index (χ4v) is 3.40. The molecule has 1 heterocycles. The highest BCUT2D eigenvalue weighted by atomic mass is 32.2. The molecule has 0 aliphatic heterocycles. The molecular formula is C16H23N5O3S. The maximum atomic E-state index is 11.6. The lowest BCUT2D eigenvalue weighted by molar-refractivity contribution is -0.690. The normalized spacial score (nSPS) is 13.3. The van der Waals surface area contributed by atoms with Gasteiger partial charge in [-0.15, -0.1) is 0 Å². The third-order valence-corrected chi connectivity index (χ3v) is 4.83. The summed E-state index contributed by atoms with van der Waals surface area (Å²) in [6, 6.07) is 7.46. The van der Waals surface area contributed by atoms with Crippen molar-refractivity contribution < 1.29 is 17.5 Å². The number of nitrogens with zero attached hydrogens (tertiary/aromatic N) is 5. The maximum Gasteiger partial charge on any atom is 0.320 e. The highest BCUT2D eigenvalue weighted by Crippen LogP contribution is 2.22. The van der Waals surface area contributed by atoms with Gasteiger partial charge in [0.05, 0.1) is 7.05 Å². The highest BCUT2D eigenvalue weighted by Gasteiger charge is 2.26. The van der Waals surface area contributed by atoms with E-state index in [4.69, 9.17) is 0 Å². The second-order valence-electron chi connectivity index (χ2n) is 6.02. The van der Waals surface area contributed by atoms with E-state index in [1.54, 1.807) is 24.1 Å². The summed E-state index contributed by atoms with van der Waals surface area (Å²) in [6.07, 6.45) is 3.96. The van der Waals surface area contributed by atoms with Gasteiger partial charge in [-0.1, -0.05) is 18.5 Å². The highest BCUT2D eigenvalue weighted by molar-refractivity contribution is 7.85. The molecule has 0 aliphatic rings. The predicted octanol–water partition coefficient (Wildman–Crippen LogP) is 2.64. The minimum absolute atomic E-state index is 0.223. The molecule has 25 heavy (non-hydrogen) atoms. The van der Waals surface area contributed by atoms with Crippen LogP contribution in [0.15, 0.2) is 47.0 Å². The Morgan fingerprint density at radius 3 is 2.40 bits per heavy atom. The fraction of sp³-hybridized carbons (Fsp3) is 0.438. The zero-order valence-electron chi connectivity index (χ0n) is 14.8. The van der Waals surface area contributed by atoms with Crippen molar-refractivity contribution in [2.45, 2.75) is 25.1 Å². The number of anilines is 1. The number of benzene rings is 1. The first-order valence-corrected chi connectivity index (χ1v) is 9.40. The van der Waals surface area contributed by atoms with E-state index >= 15 is 0 Å². The standard InChI is InChI=1S/C16H23N5O3S/c1-5-6-16(25(22,23)24)21-12-20(4)11-15(21)18-17-13-7-9-14(10-8-13)19(2)3/h7-12,16H,5-6H2,1-4H3/b18-17+. The third-order valence-electron chi connectivity index (χ3n) is 3.70. The average Bonchev–Trinajstić information content (AvgIpc) is 2.90. The summed E-state index contributed by atoms with van der Waals surface area (Å²) in [5.41, 5.74) is 1.67. The summed E-state index contributed by atoms with van der Waals surface area (Å²) in [5.74, 6) is 0.317. The molecule has 0 spiro atoms. The second-order valence-corrected chi connectivity index (χ2v) is 7.55. The maximum absolute atomic E-state index is 11.6. The Labute approximate surface area is 148 Å². The van der Waals surface area contributed by atoms with Crippen LogP contribution in [-0.2, 0) is 17.2 Å². The molecule has 8 nitrogen and oxygen atoms in total. The number of aryl methyl sites for hydroxylation is 1. The van der Waals surface area contributed by atoms with E-state index in [0.717, 1.165) is 5.69 Å². The van der Waals surface area contributed by atoms with Crippen LogP contribution in [0.5, 0.6) is 0 Å². The van der Waals surface area contributed by atoms with Gasteiger partial charge in [0, 0.05) is 24.9 Å². The van der Waals surface area contributed by atoms with Gasteiger partial charge in [0.2, 0.25) is 0 Å². The Bertz CT molecular complexity index is 841. The van der Waals surface area contributed by atoms with Crippen LogP contribution in [0.2, 0.25) is 0 Å². The largest absolute Gasteiger partial charge is 0.745 e. The van der Waals surface area contributed by atoms with E-state index in [2.05, 4.69) is 10.2 Å². The molecule has 0 radical (unpaired) electrons. The molecule has 0 aliphatic carbocycles. The number of hydrogen-bond donors (Lipinski definition) is 0. The fourth-order valence-electron chi connectivity index (χ4n) is 2.43. The molecule has 9 heteroatoms. The van der Waals surface area contributed by atoms with Crippen LogP contribution in [0, 0.1) is 0 Å². The summed E-state index contributed by atoms with van der Waals surface area (Å²) in [5, 5.41) is 7.10. The molecule has 136 valence electrons. The van der Waals surface area contributed by atoms with Gasteiger partial charge >= 0.3 is 5.82 Å². The van der Waals surface area contributed by atoms with Crippen LogP contribution in [0.4, 0.5) is 17.2 Å². The molecule has 0 saturated carbocycles. The molecule has 2 aromatic rings. The van der Waals surface area contributed by atoms with E-state index in [1.165, 1.54) is 4.57 Å². The van der Waals surface area contributed by atoms with Crippen molar-refractivity contribution in [1.29, 1.82) is 0 Å². The third kappa shape index (κ3) is 4.86. The molecule has 1 aromatic carbocycles. The average molecular weight is 365 g/mol. The molecule has 0 saturated heterocycles. The molecule has 1 atom stereocenters. The Hall–Kier alpha value is -2.26. The molecule has 0 fully saturated rings. The molecule has 1 aromatic heterocycles. The molecule has 0 bridgehead atoms. The quantitative estimate of drug-likeness (QED) is 0.428. The lowest BCUT2D eigenvalue weighted by Crippen LogP contribution is -2.42. The van der Waals surface area contributed by atoms with Crippen molar-refractivity contribution in [1.82, 2.24) is 4.57 Å². The summed E-state index contributed by atoms with van der Waals surface area (Å²) in [7, 11) is 1.13. The minimum Gasteiger partial charge on any atom is -0.745 e. The predicted molar refractivity (Wildman–Crippen MR) is 94.2 cm³/mol. The van der Waals surface area contributed by atoms with E-state index in [0.29, 0.717) is 17.9 Å². The van der Waals surface area contributed by atoms with Gasteiger partial charge in [-0.3, -0.25) is 4.57 Å². The Morgan fingerprint density at radius 1 is 1.24 bits per heavy atom. The topological polar surface area (TPSA) is 94.0 Å². The lowest BCUT2D eigenvalue weighted by Gasteiger charge is -2.18. The monoisotopic (exact) mass is 365 g/mol. The van der Waals surface area contributed by atoms with Crippen LogP contribution >= 0.6 is 0 Å². The number of rotatable bonds is 7. The van der Waals surface area contributed by atoms with Crippen molar-refractivity contribution in [3.63, 3.8) is 0 Å². The van der Waals surface area contributed by atoms with Crippen molar-refractivity contribution in [3.05, 3.63) is 36.8 Å². The van der Waals surface area contributed by atoms with E-state index in [-0.39, 0.29) is 6.42 Å². The zero-order valence-corrected chi connectivity index (χ0v) is 15.6. The summed E-state index contributed by atoms with van der Waals surface area (Å²) >= 11 is 0. The smallest absolute Gasteiger partial charge is 0.320 e. The first kappa shape index (κ1) is 19.1. The van der Waals surface area contributed by atoms with Crippen LogP contribution in [0.3, 0.4) is 0 Å². The van der Waals surface area contributed by atoms with Gasteiger partial charge < -0.3 is 9.45 Å². The zero-order chi connectivity index (χ0) is 18.6. The number of imidazole rings is 1. The second kappa shape index (κ2) is 7.75. The van der Waals surface area contributed by atoms with Gasteiger partial charge in [0.25, 0.3) is 0 Å². The first-order valence-electron chi connectivity index (χ1n) is 7.93. The van der Waals surface area contributed by atoms with Crippen LogP contribution in [-0.4, -0.2) is 31.6 Å². The number of aromatic nitrogens is 2. The van der Waals surface area contributed by atoms with Crippen molar-refractivity contribution >= 4 is 27.3 Å². The minimum atomic E-state index is -4.49. The van der Waals surface area contributed by atoms with Gasteiger partial charge in [-0.05, 0) is 30.7 Å². The molecule has 0 amide bonds. The summed E-state index contributed by atoms with van der Waals surface area (Å²) in [4.78, 5) is 1.97. The molecule has 2 rings (SSSR count).